The van der Waals surface area contributed by atoms with Gasteiger partial charge in [-0.1, -0.05) is 22.1 Å². The van der Waals surface area contributed by atoms with Gasteiger partial charge in [0.25, 0.3) is 20.1 Å². The van der Waals surface area contributed by atoms with Gasteiger partial charge in [0.2, 0.25) is 0 Å². The molecule has 2 N–H and O–H groups in total. The Morgan fingerprint density at radius 1 is 1.12 bits per heavy atom. The number of benzene rings is 1. The van der Waals surface area contributed by atoms with Crippen LogP contribution in [0.4, 0.5) is 4.53 Å². The average molecular weight is 271 g/mol. The second-order valence-corrected chi connectivity index (χ2v) is 5.59. The second kappa shape index (κ2) is 4.43. The SMILES string of the molecule is O=S(=O)(O)c1ccccc1S(=O)(=O)NOF. The van der Waals surface area contributed by atoms with Crippen LogP contribution >= 0.6 is 0 Å². The Kier molecular flexibility index (Phi) is 3.60. The van der Waals surface area contributed by atoms with Crippen LogP contribution in [0.2, 0.25) is 0 Å². The molecule has 1 aromatic rings. The molecule has 1 rings (SSSR count). The highest BCUT2D eigenvalue weighted by molar-refractivity contribution is 7.91. The average Bonchev–Trinajstić information content (AvgIpc) is 2.16. The Hall–Kier alpha value is -1.07. The lowest BCUT2D eigenvalue weighted by Crippen LogP contribution is -2.23. The van der Waals surface area contributed by atoms with E-state index in [1.165, 1.54) is 12.1 Å². The normalized spacial score (nSPS) is 12.6. The Morgan fingerprint density at radius 2 is 1.62 bits per heavy atom. The molecule has 0 heterocycles. The Morgan fingerprint density at radius 3 is 2.06 bits per heavy atom. The molecule has 0 unspecified atom stereocenters. The van der Waals surface area contributed by atoms with Gasteiger partial charge in [0, 0.05) is 0 Å². The van der Waals surface area contributed by atoms with Gasteiger partial charge in [-0.25, -0.2) is 8.42 Å². The molecule has 0 fully saturated rings. The summed E-state index contributed by atoms with van der Waals surface area (Å²) < 4.78 is 64.3. The Labute approximate surface area is 90.5 Å². The highest BCUT2D eigenvalue weighted by Gasteiger charge is 2.25. The summed E-state index contributed by atoms with van der Waals surface area (Å²) in [5.74, 6) is 0. The number of sulfonamides is 1. The van der Waals surface area contributed by atoms with E-state index in [9.17, 15) is 21.4 Å². The van der Waals surface area contributed by atoms with Crippen LogP contribution in [-0.4, -0.2) is 21.4 Å². The van der Waals surface area contributed by atoms with Crippen LogP contribution in [0.1, 0.15) is 0 Å². The lowest BCUT2D eigenvalue weighted by atomic mass is 10.4. The van der Waals surface area contributed by atoms with E-state index in [2.05, 4.69) is 5.04 Å². The summed E-state index contributed by atoms with van der Waals surface area (Å²) in [6, 6.07) is 4.10. The molecule has 0 radical (unpaired) electrons. The van der Waals surface area contributed by atoms with E-state index < -0.39 is 29.9 Å². The van der Waals surface area contributed by atoms with Crippen molar-refractivity contribution in [1.29, 1.82) is 0 Å². The third kappa shape index (κ3) is 2.74. The van der Waals surface area contributed by atoms with Crippen molar-refractivity contribution >= 4 is 20.1 Å². The van der Waals surface area contributed by atoms with Crippen molar-refractivity contribution in [3.05, 3.63) is 24.3 Å². The van der Waals surface area contributed by atoms with Gasteiger partial charge in [-0.15, -0.1) is 0 Å². The molecule has 0 aliphatic rings. The molecule has 16 heavy (non-hydrogen) atoms. The van der Waals surface area contributed by atoms with E-state index in [0.717, 1.165) is 17.0 Å². The minimum Gasteiger partial charge on any atom is -0.282 e. The zero-order chi connectivity index (χ0) is 12.4. The molecule has 0 aliphatic carbocycles. The van der Waals surface area contributed by atoms with Crippen molar-refractivity contribution in [1.82, 2.24) is 4.89 Å². The molecule has 0 saturated heterocycles. The standard InChI is InChI=1S/C6H6FNO6S2/c7-14-8-15(9,10)5-3-1-2-4-6(5)16(11,12)13/h1-4,8H,(H,11,12,13). The minimum absolute atomic E-state index is 0.824. The van der Waals surface area contributed by atoms with Gasteiger partial charge in [0.05, 0.1) is 0 Å². The van der Waals surface area contributed by atoms with Gasteiger partial charge in [-0.05, 0) is 16.7 Å². The summed E-state index contributed by atoms with van der Waals surface area (Å²) in [6.45, 7) is 0. The fourth-order valence-corrected chi connectivity index (χ4v) is 2.95. The molecule has 1 aromatic carbocycles. The van der Waals surface area contributed by atoms with E-state index in [1.54, 1.807) is 0 Å². The van der Waals surface area contributed by atoms with Crippen molar-refractivity contribution in [2.24, 2.45) is 0 Å². The Balaban J connectivity index is 3.48. The van der Waals surface area contributed by atoms with Crippen molar-refractivity contribution < 1.29 is 31.0 Å². The number of halogens is 1. The topological polar surface area (TPSA) is 110 Å². The smallest absolute Gasteiger partial charge is 0.282 e. The number of hydrogen-bond acceptors (Lipinski definition) is 5. The van der Waals surface area contributed by atoms with Gasteiger partial charge in [0.15, 0.2) is 0 Å². The molecule has 0 saturated carbocycles. The highest BCUT2D eigenvalue weighted by Crippen LogP contribution is 2.19. The van der Waals surface area contributed by atoms with E-state index in [-0.39, 0.29) is 0 Å². The summed E-state index contributed by atoms with van der Waals surface area (Å²) in [7, 11) is -9.24. The Bertz CT molecular complexity index is 581. The zero-order valence-electron chi connectivity index (χ0n) is 7.49. The monoisotopic (exact) mass is 271 g/mol. The first-order valence-electron chi connectivity index (χ1n) is 3.65. The third-order valence-electron chi connectivity index (χ3n) is 1.56. The summed E-state index contributed by atoms with van der Waals surface area (Å²) in [6.07, 6.45) is 0. The first-order valence-corrected chi connectivity index (χ1v) is 6.57. The molecular formula is C6H6FNO6S2. The van der Waals surface area contributed by atoms with Crippen LogP contribution in [0, 0.1) is 0 Å². The van der Waals surface area contributed by atoms with Crippen LogP contribution in [0.25, 0.3) is 0 Å². The molecular weight excluding hydrogens is 265 g/mol. The van der Waals surface area contributed by atoms with Gasteiger partial charge < -0.3 is 0 Å². The van der Waals surface area contributed by atoms with Gasteiger partial charge in [0.1, 0.15) is 9.79 Å². The van der Waals surface area contributed by atoms with Crippen molar-refractivity contribution in [2.45, 2.75) is 9.79 Å². The van der Waals surface area contributed by atoms with Crippen LogP contribution < -0.4 is 4.89 Å². The van der Waals surface area contributed by atoms with E-state index in [1.807, 2.05) is 0 Å². The first-order chi connectivity index (χ1) is 7.29. The number of hydrogen-bond donors (Lipinski definition) is 2. The van der Waals surface area contributed by atoms with Crippen molar-refractivity contribution in [2.75, 3.05) is 0 Å². The molecule has 7 nitrogen and oxygen atoms in total. The van der Waals surface area contributed by atoms with Gasteiger partial charge in [-0.3, -0.25) is 4.55 Å². The van der Waals surface area contributed by atoms with Crippen LogP contribution in [0.5, 0.6) is 0 Å². The lowest BCUT2D eigenvalue weighted by molar-refractivity contribution is -0.162. The molecule has 10 heteroatoms. The maximum absolute atomic E-state index is 11.4. The third-order valence-corrected chi connectivity index (χ3v) is 3.82. The predicted octanol–water partition coefficient (Wildman–Crippen LogP) is 0.0277. The molecule has 0 aromatic heterocycles. The molecule has 0 spiro atoms. The molecule has 0 amide bonds. The summed E-state index contributed by atoms with van der Waals surface area (Å²) >= 11 is 0. The molecule has 0 atom stereocenters. The summed E-state index contributed by atoms with van der Waals surface area (Å²) in [5, 5.41) is 2.71. The highest BCUT2D eigenvalue weighted by atomic mass is 32.2. The van der Waals surface area contributed by atoms with E-state index in [4.69, 9.17) is 4.55 Å². The maximum atomic E-state index is 11.4. The molecule has 90 valence electrons. The van der Waals surface area contributed by atoms with E-state index >= 15 is 0 Å². The maximum Gasteiger partial charge on any atom is 0.295 e. The van der Waals surface area contributed by atoms with Gasteiger partial charge >= 0.3 is 0 Å². The van der Waals surface area contributed by atoms with Crippen LogP contribution in [-0.2, 0) is 25.2 Å². The quantitative estimate of drug-likeness (QED) is 0.590. The van der Waals surface area contributed by atoms with Crippen molar-refractivity contribution in [3.63, 3.8) is 0 Å². The summed E-state index contributed by atoms with van der Waals surface area (Å²) in [5.41, 5.74) is 0. The fraction of sp³-hybridized carbons (Fsp3) is 0. The summed E-state index contributed by atoms with van der Waals surface area (Å²) in [4.78, 5) is -0.719. The van der Waals surface area contributed by atoms with Crippen molar-refractivity contribution in [3.8, 4) is 0 Å². The molecule has 0 aliphatic heterocycles. The number of nitrogens with one attached hydrogen (secondary N) is 1. The van der Waals surface area contributed by atoms with Crippen LogP contribution in [0.3, 0.4) is 0 Å². The predicted molar refractivity (Wildman–Crippen MR) is 48.8 cm³/mol. The number of rotatable bonds is 4. The minimum atomic E-state index is -4.73. The van der Waals surface area contributed by atoms with Gasteiger partial charge in [-0.2, -0.15) is 8.42 Å². The molecule has 0 bridgehead atoms. The second-order valence-electron chi connectivity index (χ2n) is 2.59. The largest absolute Gasteiger partial charge is 0.295 e. The van der Waals surface area contributed by atoms with E-state index in [0.29, 0.717) is 0 Å². The first kappa shape index (κ1) is 13.0. The zero-order valence-corrected chi connectivity index (χ0v) is 9.13. The lowest BCUT2D eigenvalue weighted by Gasteiger charge is -2.06. The fourth-order valence-electron chi connectivity index (χ4n) is 0.972. The van der Waals surface area contributed by atoms with Crippen LogP contribution in [0.15, 0.2) is 34.1 Å².